The zero-order valence-electron chi connectivity index (χ0n) is 18.3. The highest BCUT2D eigenvalue weighted by atomic mass is 35.5. The fraction of sp³-hybridized carbons (Fsp3) is 0.167. The van der Waals surface area contributed by atoms with Crippen molar-refractivity contribution in [1.82, 2.24) is 0 Å². The zero-order chi connectivity index (χ0) is 24.3. The van der Waals surface area contributed by atoms with Gasteiger partial charge in [-0.25, -0.2) is 13.2 Å². The molecule has 4 rings (SSSR count). The molecule has 0 fully saturated rings. The number of fused-ring (bicyclic) bond motifs is 1. The average Bonchev–Trinajstić information content (AvgIpc) is 2.81. The number of ether oxygens (including phenoxy) is 1. The van der Waals surface area contributed by atoms with E-state index in [1.165, 1.54) is 21.3 Å². The van der Waals surface area contributed by atoms with Gasteiger partial charge in [-0.1, -0.05) is 41.9 Å². The van der Waals surface area contributed by atoms with Crippen molar-refractivity contribution in [1.29, 1.82) is 0 Å². The average molecular weight is 500 g/mol. The van der Waals surface area contributed by atoms with Gasteiger partial charge in [-0.3, -0.25) is 9.10 Å². The second-order valence-corrected chi connectivity index (χ2v) is 9.76. The maximum absolute atomic E-state index is 13.5. The van der Waals surface area contributed by atoms with Crippen LogP contribution >= 0.6 is 11.6 Å². The molecule has 0 aliphatic carbocycles. The van der Waals surface area contributed by atoms with Gasteiger partial charge in [0.2, 0.25) is 5.91 Å². The van der Waals surface area contributed by atoms with Crippen LogP contribution in [0.15, 0.2) is 77.7 Å². The maximum Gasteiger partial charge on any atom is 0.331 e. The minimum absolute atomic E-state index is 0.0319. The highest BCUT2D eigenvalue weighted by Gasteiger charge is 2.29. The fourth-order valence-electron chi connectivity index (χ4n) is 3.72. The predicted molar refractivity (Wildman–Crippen MR) is 131 cm³/mol. The number of carbonyl (C=O) groups is 2. The Hall–Kier alpha value is -3.56. The molecule has 0 atom stereocenters. The largest absolute Gasteiger partial charge is 0.423 e. The molecule has 3 aromatic rings. The molecule has 0 aromatic heterocycles. The molecule has 1 amide bonds. The number of halogens is 1. The van der Waals surface area contributed by atoms with Gasteiger partial charge in [-0.15, -0.1) is 0 Å². The number of para-hydroxylation sites is 2. The Balaban J connectivity index is 1.59. The number of rotatable bonds is 7. The van der Waals surface area contributed by atoms with Crippen molar-refractivity contribution in [3.8, 4) is 5.75 Å². The van der Waals surface area contributed by atoms with Crippen molar-refractivity contribution in [3.05, 3.63) is 77.8 Å². The first kappa shape index (κ1) is 23.6. The van der Waals surface area contributed by atoms with Gasteiger partial charge in [0.15, 0.2) is 5.75 Å². The standard InChI is InChI=1S/C24H22ClN3O5S/c1-2-28(18-8-4-3-5-9-18)34(31,32)22-11-7-6-10-19(22)26-23(29)15-27-16-24(30)33-21-13-12-17(25)14-20(21)27/h3-14H,2,15-16H2,1H3,(H,26,29). The van der Waals surface area contributed by atoms with E-state index in [1.807, 2.05) is 0 Å². The van der Waals surface area contributed by atoms with E-state index < -0.39 is 21.9 Å². The van der Waals surface area contributed by atoms with E-state index in [2.05, 4.69) is 5.32 Å². The lowest BCUT2D eigenvalue weighted by Gasteiger charge is -2.29. The van der Waals surface area contributed by atoms with Gasteiger partial charge in [0, 0.05) is 11.6 Å². The van der Waals surface area contributed by atoms with Crippen LogP contribution in [0, 0.1) is 0 Å². The topological polar surface area (TPSA) is 96.0 Å². The highest BCUT2D eigenvalue weighted by Crippen LogP contribution is 2.34. The molecule has 10 heteroatoms. The van der Waals surface area contributed by atoms with Gasteiger partial charge in [0.05, 0.1) is 23.6 Å². The Kier molecular flexibility index (Phi) is 6.76. The van der Waals surface area contributed by atoms with Crippen LogP contribution in [-0.4, -0.2) is 39.9 Å². The summed E-state index contributed by atoms with van der Waals surface area (Å²) < 4.78 is 33.5. The summed E-state index contributed by atoms with van der Waals surface area (Å²) in [4.78, 5) is 26.4. The van der Waals surface area contributed by atoms with E-state index in [9.17, 15) is 18.0 Å². The van der Waals surface area contributed by atoms with Crippen molar-refractivity contribution < 1.29 is 22.7 Å². The van der Waals surface area contributed by atoms with Gasteiger partial charge in [-0.05, 0) is 49.4 Å². The number of carbonyl (C=O) groups excluding carboxylic acids is 2. The number of nitrogens with one attached hydrogen (secondary N) is 1. The van der Waals surface area contributed by atoms with Crippen molar-refractivity contribution in [2.45, 2.75) is 11.8 Å². The second kappa shape index (κ2) is 9.74. The molecule has 1 aliphatic heterocycles. The van der Waals surface area contributed by atoms with Crippen LogP contribution in [0.2, 0.25) is 5.02 Å². The van der Waals surface area contributed by atoms with Crippen LogP contribution < -0.4 is 19.3 Å². The predicted octanol–water partition coefficient (Wildman–Crippen LogP) is 3.92. The summed E-state index contributed by atoms with van der Waals surface area (Å²) in [6, 6.07) is 19.7. The number of nitrogens with zero attached hydrogens (tertiary/aromatic N) is 2. The molecule has 0 bridgehead atoms. The molecule has 1 N–H and O–H groups in total. The molecule has 3 aromatic carbocycles. The monoisotopic (exact) mass is 499 g/mol. The SMILES string of the molecule is CCN(c1ccccc1)S(=O)(=O)c1ccccc1NC(=O)CN1CC(=O)Oc2ccc(Cl)cc21. The maximum atomic E-state index is 13.5. The second-order valence-electron chi connectivity index (χ2n) is 7.49. The molecule has 0 spiro atoms. The Morgan fingerprint density at radius 1 is 1.09 bits per heavy atom. The molecule has 0 unspecified atom stereocenters. The minimum atomic E-state index is -3.96. The fourth-order valence-corrected chi connectivity index (χ4v) is 5.51. The van der Waals surface area contributed by atoms with Crippen LogP contribution in [0.3, 0.4) is 0 Å². The van der Waals surface area contributed by atoms with Gasteiger partial charge in [-0.2, -0.15) is 0 Å². The molecule has 176 valence electrons. The number of hydrogen-bond acceptors (Lipinski definition) is 6. The Bertz CT molecular complexity index is 1330. The van der Waals surface area contributed by atoms with E-state index in [1.54, 1.807) is 67.6 Å². The van der Waals surface area contributed by atoms with E-state index in [-0.39, 0.29) is 30.2 Å². The smallest absolute Gasteiger partial charge is 0.331 e. The normalized spacial score (nSPS) is 13.1. The lowest BCUT2D eigenvalue weighted by molar-refractivity contribution is -0.133. The molecular weight excluding hydrogens is 478 g/mol. The first-order chi connectivity index (χ1) is 16.3. The van der Waals surface area contributed by atoms with Gasteiger partial charge < -0.3 is 15.0 Å². The van der Waals surface area contributed by atoms with Crippen molar-refractivity contribution in [3.63, 3.8) is 0 Å². The molecule has 0 radical (unpaired) electrons. The summed E-state index contributed by atoms with van der Waals surface area (Å²) in [5.74, 6) is -0.698. The van der Waals surface area contributed by atoms with Crippen LogP contribution in [0.5, 0.6) is 5.75 Å². The van der Waals surface area contributed by atoms with Crippen molar-refractivity contribution in [2.24, 2.45) is 0 Å². The molecule has 0 saturated carbocycles. The number of hydrogen-bond donors (Lipinski definition) is 1. The summed E-state index contributed by atoms with van der Waals surface area (Å²) in [6.45, 7) is 1.61. The van der Waals surface area contributed by atoms with Crippen molar-refractivity contribution in [2.75, 3.05) is 34.2 Å². The minimum Gasteiger partial charge on any atom is -0.423 e. The Morgan fingerprint density at radius 3 is 2.53 bits per heavy atom. The number of benzene rings is 3. The Morgan fingerprint density at radius 2 is 1.79 bits per heavy atom. The molecule has 34 heavy (non-hydrogen) atoms. The summed E-state index contributed by atoms with van der Waals surface area (Å²) >= 11 is 6.07. The number of anilines is 3. The summed E-state index contributed by atoms with van der Waals surface area (Å²) in [6.07, 6.45) is 0. The zero-order valence-corrected chi connectivity index (χ0v) is 19.8. The molecule has 1 aliphatic rings. The van der Waals surface area contributed by atoms with Gasteiger partial charge in [0.1, 0.15) is 11.4 Å². The lowest BCUT2D eigenvalue weighted by atomic mass is 10.2. The van der Waals surface area contributed by atoms with Gasteiger partial charge in [0.25, 0.3) is 10.0 Å². The quantitative estimate of drug-likeness (QED) is 0.391. The third-order valence-electron chi connectivity index (χ3n) is 5.20. The molecule has 8 nitrogen and oxygen atoms in total. The highest BCUT2D eigenvalue weighted by molar-refractivity contribution is 7.93. The van der Waals surface area contributed by atoms with E-state index in [0.717, 1.165) is 0 Å². The van der Waals surface area contributed by atoms with E-state index in [0.29, 0.717) is 22.1 Å². The Labute approximate surface area is 202 Å². The lowest BCUT2D eigenvalue weighted by Crippen LogP contribution is -2.41. The van der Waals surface area contributed by atoms with Gasteiger partial charge >= 0.3 is 5.97 Å². The van der Waals surface area contributed by atoms with Crippen LogP contribution in [-0.2, 0) is 19.6 Å². The first-order valence-corrected chi connectivity index (χ1v) is 12.3. The van der Waals surface area contributed by atoms with E-state index in [4.69, 9.17) is 16.3 Å². The third kappa shape index (κ3) is 4.85. The van der Waals surface area contributed by atoms with Crippen LogP contribution in [0.4, 0.5) is 17.1 Å². The summed E-state index contributed by atoms with van der Waals surface area (Å²) in [5.41, 5.74) is 1.17. The van der Waals surface area contributed by atoms with Crippen molar-refractivity contribution >= 4 is 50.6 Å². The first-order valence-electron chi connectivity index (χ1n) is 10.5. The number of amides is 1. The number of esters is 1. The third-order valence-corrected chi connectivity index (χ3v) is 7.40. The van der Waals surface area contributed by atoms with Crippen LogP contribution in [0.25, 0.3) is 0 Å². The van der Waals surface area contributed by atoms with Crippen LogP contribution in [0.1, 0.15) is 6.92 Å². The molecular formula is C24H22ClN3O5S. The summed E-state index contributed by atoms with van der Waals surface area (Å²) in [7, 11) is -3.96. The molecule has 0 saturated heterocycles. The molecule has 1 heterocycles. The summed E-state index contributed by atoms with van der Waals surface area (Å²) in [5, 5.41) is 3.11. The number of sulfonamides is 1. The van der Waals surface area contributed by atoms with E-state index >= 15 is 0 Å².